The minimum atomic E-state index is 0.789. The summed E-state index contributed by atoms with van der Waals surface area (Å²) in [5.41, 5.74) is 1.14. The molecule has 15 heavy (non-hydrogen) atoms. The van der Waals surface area contributed by atoms with Crippen LogP contribution in [0.15, 0.2) is 59.1 Å². The van der Waals surface area contributed by atoms with Gasteiger partial charge in [-0.15, -0.1) is 0 Å². The zero-order valence-corrected chi connectivity index (χ0v) is 9.43. The third-order valence-corrected chi connectivity index (χ3v) is 3.35. The van der Waals surface area contributed by atoms with Gasteiger partial charge in [0.1, 0.15) is 11.5 Å². The van der Waals surface area contributed by atoms with Crippen LogP contribution in [-0.4, -0.2) is 0 Å². The molecular weight excluding hydrogens is 204 g/mol. The van der Waals surface area contributed by atoms with Crippen LogP contribution in [0.25, 0.3) is 0 Å². The van der Waals surface area contributed by atoms with Gasteiger partial charge in [-0.2, -0.15) is 0 Å². The van der Waals surface area contributed by atoms with E-state index < -0.39 is 0 Å². The second-order valence-electron chi connectivity index (χ2n) is 3.24. The molecule has 0 bridgehead atoms. The van der Waals surface area contributed by atoms with Crippen LogP contribution < -0.4 is 4.74 Å². The summed E-state index contributed by atoms with van der Waals surface area (Å²) in [5.74, 6) is 1.72. The average molecular weight is 216 g/mol. The monoisotopic (exact) mass is 216 g/mol. The Kier molecular flexibility index (Phi) is 2.69. The molecule has 0 saturated heterocycles. The fourth-order valence-electron chi connectivity index (χ4n) is 1.45. The molecule has 76 valence electrons. The van der Waals surface area contributed by atoms with E-state index in [0.717, 1.165) is 26.9 Å². The molecule has 0 unspecified atom stereocenters. The smallest absolute Gasteiger partial charge is 0.144 e. The van der Waals surface area contributed by atoms with Gasteiger partial charge < -0.3 is 4.74 Å². The summed E-state index contributed by atoms with van der Waals surface area (Å²) in [7, 11) is 0. The Balaban J connectivity index is 2.51. The van der Waals surface area contributed by atoms with Crippen molar-refractivity contribution < 1.29 is 4.74 Å². The van der Waals surface area contributed by atoms with Gasteiger partial charge in [0.15, 0.2) is 0 Å². The highest BCUT2D eigenvalue weighted by Crippen LogP contribution is 2.43. The number of rotatable bonds is 2. The summed E-state index contributed by atoms with van der Waals surface area (Å²) < 4.78 is 5.78. The summed E-state index contributed by atoms with van der Waals surface area (Å²) in [4.78, 5) is 2.15. The maximum absolute atomic E-state index is 5.78. The van der Waals surface area contributed by atoms with Crippen LogP contribution in [-0.2, 0) is 0 Å². The second kappa shape index (κ2) is 3.99. The first-order valence-corrected chi connectivity index (χ1v) is 5.52. The van der Waals surface area contributed by atoms with E-state index in [9.17, 15) is 0 Å². The first kappa shape index (κ1) is 10.1. The topological polar surface area (TPSA) is 9.23 Å². The molecule has 1 aliphatic heterocycles. The molecular formula is C13H12OS. The number of aryl methyl sites for hydroxylation is 1. The van der Waals surface area contributed by atoms with Crippen LogP contribution in [0.4, 0.5) is 0 Å². The van der Waals surface area contributed by atoms with Crippen LogP contribution in [0, 0.1) is 6.92 Å². The van der Waals surface area contributed by atoms with Crippen molar-refractivity contribution in [2.45, 2.75) is 11.8 Å². The summed E-state index contributed by atoms with van der Waals surface area (Å²) >= 11 is 1.67. The predicted octanol–water partition coefficient (Wildman–Crippen LogP) is 4.06. The van der Waals surface area contributed by atoms with Gasteiger partial charge >= 0.3 is 0 Å². The van der Waals surface area contributed by atoms with Crippen molar-refractivity contribution >= 4 is 11.8 Å². The van der Waals surface area contributed by atoms with Crippen LogP contribution in [0.1, 0.15) is 5.56 Å². The third kappa shape index (κ3) is 1.73. The van der Waals surface area contributed by atoms with Gasteiger partial charge in [-0.3, -0.25) is 0 Å². The van der Waals surface area contributed by atoms with Crippen molar-refractivity contribution in [1.29, 1.82) is 0 Å². The Morgan fingerprint density at radius 2 is 2.07 bits per heavy atom. The van der Waals surface area contributed by atoms with E-state index in [2.05, 4.69) is 19.2 Å². The van der Waals surface area contributed by atoms with E-state index in [4.69, 9.17) is 4.74 Å². The summed E-state index contributed by atoms with van der Waals surface area (Å²) in [6.07, 6.45) is 3.52. The zero-order valence-electron chi connectivity index (χ0n) is 8.62. The number of thioether (sulfide) groups is 1. The van der Waals surface area contributed by atoms with E-state index >= 15 is 0 Å². The number of benzene rings is 1. The standard InChI is InChI=1S/C13H12OS/c1-4-10-11(5-2)15-12-8-6-7-9(3)13(12)14-10/h4-8H,1-2H2,3H3. The molecule has 0 spiro atoms. The zero-order chi connectivity index (χ0) is 10.8. The van der Waals surface area contributed by atoms with Gasteiger partial charge in [0.25, 0.3) is 0 Å². The Morgan fingerprint density at radius 3 is 2.73 bits per heavy atom. The first-order chi connectivity index (χ1) is 7.26. The van der Waals surface area contributed by atoms with Gasteiger partial charge in [0.2, 0.25) is 0 Å². The predicted molar refractivity (Wildman–Crippen MR) is 65.1 cm³/mol. The van der Waals surface area contributed by atoms with E-state index in [-0.39, 0.29) is 0 Å². The molecule has 0 radical (unpaired) electrons. The van der Waals surface area contributed by atoms with Crippen LogP contribution in [0.5, 0.6) is 5.75 Å². The lowest BCUT2D eigenvalue weighted by atomic mass is 10.2. The lowest BCUT2D eigenvalue weighted by Gasteiger charge is -2.20. The number of allylic oxidation sites excluding steroid dienone is 2. The van der Waals surface area contributed by atoms with Crippen molar-refractivity contribution in [3.63, 3.8) is 0 Å². The Hall–Kier alpha value is -1.41. The van der Waals surface area contributed by atoms with Crippen LogP contribution in [0.3, 0.4) is 0 Å². The number of fused-ring (bicyclic) bond motifs is 1. The molecule has 0 aliphatic carbocycles. The maximum atomic E-state index is 5.78. The largest absolute Gasteiger partial charge is 0.455 e. The fourth-order valence-corrected chi connectivity index (χ4v) is 2.44. The van der Waals surface area contributed by atoms with Gasteiger partial charge in [0.05, 0.1) is 9.80 Å². The van der Waals surface area contributed by atoms with Gasteiger partial charge in [-0.25, -0.2) is 0 Å². The molecule has 1 nitrogen and oxygen atoms in total. The molecule has 0 saturated carbocycles. The number of hydrogen-bond acceptors (Lipinski definition) is 2. The van der Waals surface area contributed by atoms with E-state index in [0.29, 0.717) is 0 Å². The lowest BCUT2D eigenvalue weighted by molar-refractivity contribution is 0.426. The van der Waals surface area contributed by atoms with Crippen molar-refractivity contribution in [2.75, 3.05) is 0 Å². The van der Waals surface area contributed by atoms with Crippen molar-refractivity contribution in [3.05, 3.63) is 59.7 Å². The second-order valence-corrected chi connectivity index (χ2v) is 4.33. The Bertz CT molecular complexity index is 458. The van der Waals surface area contributed by atoms with Gasteiger partial charge in [-0.1, -0.05) is 43.1 Å². The molecule has 2 rings (SSSR count). The molecule has 0 fully saturated rings. The minimum absolute atomic E-state index is 0.789. The van der Waals surface area contributed by atoms with Gasteiger partial charge in [-0.05, 0) is 24.6 Å². The van der Waals surface area contributed by atoms with Crippen molar-refractivity contribution in [3.8, 4) is 5.75 Å². The highest BCUT2D eigenvalue weighted by molar-refractivity contribution is 8.03. The molecule has 0 amide bonds. The molecule has 1 aromatic rings. The molecule has 0 N–H and O–H groups in total. The quantitative estimate of drug-likeness (QED) is 0.737. The molecule has 2 heteroatoms. The molecule has 1 aromatic carbocycles. The third-order valence-electron chi connectivity index (χ3n) is 2.22. The molecule has 0 aromatic heterocycles. The Morgan fingerprint density at radius 1 is 1.27 bits per heavy atom. The highest BCUT2D eigenvalue weighted by Gasteiger charge is 2.18. The van der Waals surface area contributed by atoms with Crippen LogP contribution in [0.2, 0.25) is 0 Å². The fraction of sp³-hybridized carbons (Fsp3) is 0.0769. The molecule has 1 aliphatic rings. The number of ether oxygens (including phenoxy) is 1. The minimum Gasteiger partial charge on any atom is -0.455 e. The highest BCUT2D eigenvalue weighted by atomic mass is 32.2. The first-order valence-electron chi connectivity index (χ1n) is 4.70. The van der Waals surface area contributed by atoms with Gasteiger partial charge in [0, 0.05) is 0 Å². The van der Waals surface area contributed by atoms with E-state index in [1.165, 1.54) is 0 Å². The Labute approximate surface area is 94.1 Å². The van der Waals surface area contributed by atoms with Crippen molar-refractivity contribution in [1.82, 2.24) is 0 Å². The summed E-state index contributed by atoms with van der Waals surface area (Å²) in [6.45, 7) is 9.55. The lowest BCUT2D eigenvalue weighted by Crippen LogP contribution is -2.02. The SMILES string of the molecule is C=CC1=C(C=C)Sc2cccc(C)c2O1. The molecule has 1 heterocycles. The summed E-state index contributed by atoms with van der Waals surface area (Å²) in [6, 6.07) is 6.12. The van der Waals surface area contributed by atoms with Crippen LogP contribution >= 0.6 is 11.8 Å². The average Bonchev–Trinajstić information content (AvgIpc) is 2.28. The number of hydrogen-bond donors (Lipinski definition) is 0. The maximum Gasteiger partial charge on any atom is 0.144 e. The molecule has 0 atom stereocenters. The normalized spacial score (nSPS) is 14.2. The van der Waals surface area contributed by atoms with E-state index in [1.807, 2.05) is 19.1 Å². The summed E-state index contributed by atoms with van der Waals surface area (Å²) in [5, 5.41) is 0. The number of para-hydroxylation sites is 1. The van der Waals surface area contributed by atoms with Crippen molar-refractivity contribution in [2.24, 2.45) is 0 Å². The van der Waals surface area contributed by atoms with E-state index in [1.54, 1.807) is 23.9 Å².